The summed E-state index contributed by atoms with van der Waals surface area (Å²) in [5.41, 5.74) is 9.14. The monoisotopic (exact) mass is 243 g/mol. The maximum Gasteiger partial charge on any atom is 0.0866 e. The molecule has 84 valence electrons. The van der Waals surface area contributed by atoms with Crippen LogP contribution in [0.15, 0.2) is 42.6 Å². The highest BCUT2D eigenvalue weighted by Crippen LogP contribution is 2.25. The van der Waals surface area contributed by atoms with Crippen LogP contribution in [0, 0.1) is 0 Å². The first-order chi connectivity index (χ1) is 8.22. The van der Waals surface area contributed by atoms with Gasteiger partial charge in [-0.3, -0.25) is 4.98 Å². The Morgan fingerprint density at radius 3 is 2.76 bits per heavy atom. The summed E-state index contributed by atoms with van der Waals surface area (Å²) in [6, 6.07) is 11.5. The maximum atomic E-state index is 5.95. The molecule has 0 spiro atoms. The maximum absolute atomic E-state index is 5.95. The van der Waals surface area contributed by atoms with E-state index in [0.717, 1.165) is 27.3 Å². The number of nitrogens with two attached hydrogens (primary N) is 1. The fourth-order valence-electron chi connectivity index (χ4n) is 1.81. The number of nitrogens with one attached hydrogen (secondary N) is 1. The lowest BCUT2D eigenvalue weighted by Crippen LogP contribution is -1.87. The van der Waals surface area contributed by atoms with E-state index < -0.39 is 0 Å². The van der Waals surface area contributed by atoms with Gasteiger partial charge in [-0.15, -0.1) is 0 Å². The van der Waals surface area contributed by atoms with Crippen molar-refractivity contribution >= 4 is 28.2 Å². The van der Waals surface area contributed by atoms with Crippen LogP contribution in [0.5, 0.6) is 0 Å². The number of benzene rings is 1. The van der Waals surface area contributed by atoms with E-state index in [2.05, 4.69) is 9.97 Å². The minimum atomic E-state index is 0.660. The summed E-state index contributed by atoms with van der Waals surface area (Å²) in [7, 11) is 0. The van der Waals surface area contributed by atoms with E-state index in [1.54, 1.807) is 6.20 Å². The summed E-state index contributed by atoms with van der Waals surface area (Å²) in [4.78, 5) is 7.57. The van der Waals surface area contributed by atoms with Crippen molar-refractivity contribution in [2.24, 2.45) is 0 Å². The molecule has 2 aromatic heterocycles. The van der Waals surface area contributed by atoms with Gasteiger partial charge in [-0.25, -0.2) is 0 Å². The van der Waals surface area contributed by atoms with Gasteiger partial charge >= 0.3 is 0 Å². The Labute approximate surface area is 103 Å². The zero-order chi connectivity index (χ0) is 11.8. The van der Waals surface area contributed by atoms with Crippen molar-refractivity contribution in [2.45, 2.75) is 0 Å². The number of anilines is 1. The third-order valence-electron chi connectivity index (χ3n) is 2.65. The number of aromatic nitrogens is 2. The molecule has 0 bridgehead atoms. The van der Waals surface area contributed by atoms with E-state index >= 15 is 0 Å². The summed E-state index contributed by atoms with van der Waals surface area (Å²) in [6.45, 7) is 0. The number of fused-ring (bicyclic) bond motifs is 1. The standard InChI is InChI=1S/C13H10ClN3/c14-9-1-3-11-8(5-9)6-13(17-11)12-4-2-10(15)7-16-12/h1-7,17H,15H2. The van der Waals surface area contributed by atoms with Gasteiger partial charge in [0, 0.05) is 15.9 Å². The lowest BCUT2D eigenvalue weighted by Gasteiger charge is -1.96. The molecule has 3 nitrogen and oxygen atoms in total. The number of nitrogens with zero attached hydrogens (tertiary/aromatic N) is 1. The second-order valence-corrected chi connectivity index (χ2v) is 4.33. The van der Waals surface area contributed by atoms with Crippen LogP contribution in [0.4, 0.5) is 5.69 Å². The molecule has 0 amide bonds. The van der Waals surface area contributed by atoms with Gasteiger partial charge in [-0.1, -0.05) is 11.6 Å². The number of hydrogen-bond acceptors (Lipinski definition) is 2. The molecular formula is C13H10ClN3. The van der Waals surface area contributed by atoms with Crippen LogP contribution in [0.1, 0.15) is 0 Å². The molecule has 0 aliphatic carbocycles. The van der Waals surface area contributed by atoms with E-state index in [-0.39, 0.29) is 0 Å². The lowest BCUT2D eigenvalue weighted by molar-refractivity contribution is 1.29. The molecular weight excluding hydrogens is 234 g/mol. The second-order valence-electron chi connectivity index (χ2n) is 3.89. The number of pyridine rings is 1. The Bertz CT molecular complexity index is 671. The molecule has 0 radical (unpaired) electrons. The quantitative estimate of drug-likeness (QED) is 0.688. The topological polar surface area (TPSA) is 54.7 Å². The van der Waals surface area contributed by atoms with Crippen molar-refractivity contribution in [1.29, 1.82) is 0 Å². The fourth-order valence-corrected chi connectivity index (χ4v) is 1.99. The molecule has 0 fully saturated rings. The highest BCUT2D eigenvalue weighted by atomic mass is 35.5. The number of halogens is 1. The van der Waals surface area contributed by atoms with Crippen molar-refractivity contribution in [3.05, 3.63) is 47.6 Å². The first-order valence-electron chi connectivity index (χ1n) is 5.22. The molecule has 3 N–H and O–H groups in total. The highest BCUT2D eigenvalue weighted by Gasteiger charge is 2.04. The third kappa shape index (κ3) is 1.85. The molecule has 0 saturated carbocycles. The van der Waals surface area contributed by atoms with Crippen molar-refractivity contribution in [2.75, 3.05) is 5.73 Å². The van der Waals surface area contributed by atoms with E-state index in [0.29, 0.717) is 5.69 Å². The molecule has 1 aromatic carbocycles. The summed E-state index contributed by atoms with van der Waals surface area (Å²) in [5, 5.41) is 1.81. The first-order valence-corrected chi connectivity index (χ1v) is 5.60. The Morgan fingerprint density at radius 1 is 1.12 bits per heavy atom. The van der Waals surface area contributed by atoms with Crippen LogP contribution >= 0.6 is 11.6 Å². The van der Waals surface area contributed by atoms with Crippen LogP contribution in [-0.2, 0) is 0 Å². The lowest BCUT2D eigenvalue weighted by atomic mass is 10.2. The predicted molar refractivity (Wildman–Crippen MR) is 71.0 cm³/mol. The SMILES string of the molecule is Nc1ccc(-c2cc3cc(Cl)ccc3[nH]2)nc1. The molecule has 0 atom stereocenters. The number of nitrogen functional groups attached to an aromatic ring is 1. The van der Waals surface area contributed by atoms with Crippen molar-refractivity contribution < 1.29 is 0 Å². The Morgan fingerprint density at radius 2 is 2.00 bits per heavy atom. The fraction of sp³-hybridized carbons (Fsp3) is 0. The van der Waals surface area contributed by atoms with Crippen molar-refractivity contribution in [1.82, 2.24) is 9.97 Å². The van der Waals surface area contributed by atoms with Gasteiger partial charge in [0.2, 0.25) is 0 Å². The minimum absolute atomic E-state index is 0.660. The largest absolute Gasteiger partial charge is 0.397 e. The second kappa shape index (κ2) is 3.79. The van der Waals surface area contributed by atoms with Gasteiger partial charge in [-0.2, -0.15) is 0 Å². The molecule has 3 rings (SSSR count). The number of hydrogen-bond donors (Lipinski definition) is 2. The Hall–Kier alpha value is -2.00. The van der Waals surface area contributed by atoms with Crippen LogP contribution in [-0.4, -0.2) is 9.97 Å². The Kier molecular flexibility index (Phi) is 2.27. The van der Waals surface area contributed by atoms with Gasteiger partial charge in [0.15, 0.2) is 0 Å². The molecule has 0 aliphatic heterocycles. The molecule has 2 heterocycles. The summed E-state index contributed by atoms with van der Waals surface area (Å²) in [5.74, 6) is 0. The molecule has 3 aromatic rings. The van der Waals surface area contributed by atoms with Gasteiger partial charge < -0.3 is 10.7 Å². The molecule has 0 unspecified atom stereocenters. The molecule has 0 saturated heterocycles. The van der Waals surface area contributed by atoms with Crippen molar-refractivity contribution in [3.63, 3.8) is 0 Å². The molecule has 4 heteroatoms. The zero-order valence-electron chi connectivity index (χ0n) is 8.94. The smallest absolute Gasteiger partial charge is 0.0866 e. The van der Waals surface area contributed by atoms with Gasteiger partial charge in [0.1, 0.15) is 0 Å². The normalized spacial score (nSPS) is 10.9. The van der Waals surface area contributed by atoms with Gasteiger partial charge in [-0.05, 0) is 36.4 Å². The van der Waals surface area contributed by atoms with E-state index in [1.165, 1.54) is 0 Å². The van der Waals surface area contributed by atoms with Crippen LogP contribution in [0.3, 0.4) is 0 Å². The number of H-pyrrole nitrogens is 1. The van der Waals surface area contributed by atoms with E-state index in [4.69, 9.17) is 17.3 Å². The zero-order valence-corrected chi connectivity index (χ0v) is 9.70. The highest BCUT2D eigenvalue weighted by molar-refractivity contribution is 6.31. The Balaban J connectivity index is 2.14. The van der Waals surface area contributed by atoms with Gasteiger partial charge in [0.25, 0.3) is 0 Å². The third-order valence-corrected chi connectivity index (χ3v) is 2.88. The number of aromatic amines is 1. The molecule has 0 aliphatic rings. The van der Waals surface area contributed by atoms with Crippen LogP contribution in [0.25, 0.3) is 22.3 Å². The van der Waals surface area contributed by atoms with E-state index in [1.807, 2.05) is 36.4 Å². The summed E-state index contributed by atoms with van der Waals surface area (Å²) in [6.07, 6.45) is 1.65. The number of rotatable bonds is 1. The first kappa shape index (κ1) is 10.2. The minimum Gasteiger partial charge on any atom is -0.397 e. The summed E-state index contributed by atoms with van der Waals surface area (Å²) < 4.78 is 0. The van der Waals surface area contributed by atoms with Crippen molar-refractivity contribution in [3.8, 4) is 11.4 Å². The van der Waals surface area contributed by atoms with Gasteiger partial charge in [0.05, 0.1) is 23.3 Å². The van der Waals surface area contributed by atoms with Crippen LogP contribution < -0.4 is 5.73 Å². The summed E-state index contributed by atoms with van der Waals surface area (Å²) >= 11 is 5.95. The average molecular weight is 244 g/mol. The predicted octanol–water partition coefficient (Wildman–Crippen LogP) is 3.47. The molecule has 17 heavy (non-hydrogen) atoms. The van der Waals surface area contributed by atoms with E-state index in [9.17, 15) is 0 Å². The average Bonchev–Trinajstić information content (AvgIpc) is 2.72. The van der Waals surface area contributed by atoms with Crippen LogP contribution in [0.2, 0.25) is 5.02 Å².